The Morgan fingerprint density at radius 2 is 1.86 bits per heavy atom. The molecule has 0 radical (unpaired) electrons. The fourth-order valence-corrected chi connectivity index (χ4v) is 2.53. The van der Waals surface area contributed by atoms with Crippen molar-refractivity contribution in [1.29, 1.82) is 0 Å². The van der Waals surface area contributed by atoms with Gasteiger partial charge in [0.05, 0.1) is 12.6 Å². The van der Waals surface area contributed by atoms with Gasteiger partial charge in [0.1, 0.15) is 17.0 Å². The number of rotatable bonds is 3. The molecule has 4 heteroatoms. The van der Waals surface area contributed by atoms with Gasteiger partial charge in [0.2, 0.25) is 0 Å². The summed E-state index contributed by atoms with van der Waals surface area (Å²) < 4.78 is 5.21. The lowest BCUT2D eigenvalue weighted by Gasteiger charge is -2.14. The highest BCUT2D eigenvalue weighted by Gasteiger charge is 2.16. The third kappa shape index (κ3) is 2.71. The minimum absolute atomic E-state index is 0.309. The van der Waals surface area contributed by atoms with Crippen LogP contribution in [0.4, 0.5) is 0 Å². The molecule has 106 valence electrons. The molecule has 0 aliphatic heterocycles. The fourth-order valence-electron chi connectivity index (χ4n) is 2.28. The molecule has 3 rings (SSSR count). The number of fused-ring (bicyclic) bond motifs is 1. The maximum atomic E-state index is 10.5. The molecule has 0 aliphatic rings. The first-order valence-electron chi connectivity index (χ1n) is 6.56. The third-order valence-corrected chi connectivity index (χ3v) is 3.72. The average molecular weight is 300 g/mol. The van der Waals surface area contributed by atoms with Crippen molar-refractivity contribution in [3.05, 3.63) is 70.9 Å². The molecule has 1 unspecified atom stereocenters. The van der Waals surface area contributed by atoms with Gasteiger partial charge in [-0.3, -0.25) is 0 Å². The van der Waals surface area contributed by atoms with Gasteiger partial charge in [-0.05, 0) is 29.8 Å². The van der Waals surface area contributed by atoms with Crippen LogP contribution in [-0.4, -0.2) is 17.2 Å². The molecule has 0 saturated carbocycles. The number of benzene rings is 2. The number of nitrogens with zero attached hydrogens (tertiary/aromatic N) is 1. The Balaban J connectivity index is 2.11. The van der Waals surface area contributed by atoms with E-state index in [2.05, 4.69) is 4.98 Å². The number of halogens is 1. The minimum atomic E-state index is -0.804. The van der Waals surface area contributed by atoms with Crippen LogP contribution in [0.25, 0.3) is 10.9 Å². The second-order valence-corrected chi connectivity index (χ2v) is 5.10. The predicted molar refractivity (Wildman–Crippen MR) is 83.8 cm³/mol. The Morgan fingerprint density at radius 1 is 1.10 bits per heavy atom. The van der Waals surface area contributed by atoms with E-state index >= 15 is 0 Å². The molecule has 0 spiro atoms. The van der Waals surface area contributed by atoms with Crippen LogP contribution in [0.15, 0.2) is 54.6 Å². The van der Waals surface area contributed by atoms with Crippen LogP contribution in [-0.2, 0) is 0 Å². The summed E-state index contributed by atoms with van der Waals surface area (Å²) in [5.41, 5.74) is 2.14. The lowest BCUT2D eigenvalue weighted by atomic mass is 10.0. The number of aromatic nitrogens is 1. The van der Waals surface area contributed by atoms with Crippen molar-refractivity contribution in [1.82, 2.24) is 4.98 Å². The molecule has 2 aromatic carbocycles. The molecule has 0 bridgehead atoms. The van der Waals surface area contributed by atoms with E-state index in [-0.39, 0.29) is 0 Å². The van der Waals surface area contributed by atoms with Gasteiger partial charge in [0.25, 0.3) is 0 Å². The van der Waals surface area contributed by atoms with Crippen LogP contribution < -0.4 is 4.74 Å². The van der Waals surface area contributed by atoms with E-state index < -0.39 is 6.10 Å². The minimum Gasteiger partial charge on any atom is -0.497 e. The van der Waals surface area contributed by atoms with Gasteiger partial charge in [-0.15, -0.1) is 0 Å². The number of methoxy groups -OCH3 is 1. The van der Waals surface area contributed by atoms with Gasteiger partial charge < -0.3 is 9.84 Å². The largest absolute Gasteiger partial charge is 0.497 e. The van der Waals surface area contributed by atoms with E-state index in [1.54, 1.807) is 7.11 Å². The van der Waals surface area contributed by atoms with Gasteiger partial charge in [0.15, 0.2) is 0 Å². The Bertz CT molecular complexity index is 774. The summed E-state index contributed by atoms with van der Waals surface area (Å²) in [6, 6.07) is 16.8. The van der Waals surface area contributed by atoms with Crippen LogP contribution in [0.1, 0.15) is 17.2 Å². The summed E-state index contributed by atoms with van der Waals surface area (Å²) in [6.45, 7) is 0. The Morgan fingerprint density at radius 3 is 2.57 bits per heavy atom. The van der Waals surface area contributed by atoms with E-state index in [0.717, 1.165) is 22.2 Å². The van der Waals surface area contributed by atoms with E-state index in [1.807, 2.05) is 54.6 Å². The number of pyridine rings is 1. The lowest BCUT2D eigenvalue weighted by molar-refractivity contribution is 0.220. The molecule has 21 heavy (non-hydrogen) atoms. The van der Waals surface area contributed by atoms with Crippen molar-refractivity contribution in [2.45, 2.75) is 6.10 Å². The van der Waals surface area contributed by atoms with Crippen molar-refractivity contribution >= 4 is 22.5 Å². The van der Waals surface area contributed by atoms with Crippen LogP contribution in [0.3, 0.4) is 0 Å². The zero-order valence-corrected chi connectivity index (χ0v) is 12.2. The summed E-state index contributed by atoms with van der Waals surface area (Å²) in [5, 5.41) is 11.7. The Kier molecular flexibility index (Phi) is 3.78. The second-order valence-electron chi connectivity index (χ2n) is 4.74. The molecule has 0 saturated heterocycles. The SMILES string of the molecule is COc1ccc2nc(Cl)c(C(O)c3ccccc3)cc2c1. The summed E-state index contributed by atoms with van der Waals surface area (Å²) in [7, 11) is 1.62. The summed E-state index contributed by atoms with van der Waals surface area (Å²) >= 11 is 6.22. The Labute approximate surface area is 127 Å². The summed E-state index contributed by atoms with van der Waals surface area (Å²) in [6.07, 6.45) is -0.804. The fraction of sp³-hybridized carbons (Fsp3) is 0.118. The quantitative estimate of drug-likeness (QED) is 0.744. The van der Waals surface area contributed by atoms with Crippen molar-refractivity contribution in [3.8, 4) is 5.75 Å². The van der Waals surface area contributed by atoms with E-state index in [0.29, 0.717) is 10.7 Å². The highest BCUT2D eigenvalue weighted by atomic mass is 35.5. The van der Waals surface area contributed by atoms with Gasteiger partial charge >= 0.3 is 0 Å². The maximum absolute atomic E-state index is 10.5. The van der Waals surface area contributed by atoms with E-state index in [1.165, 1.54) is 0 Å². The highest BCUT2D eigenvalue weighted by Crippen LogP contribution is 2.31. The molecule has 1 heterocycles. The average Bonchev–Trinajstić information content (AvgIpc) is 2.54. The standard InChI is InChI=1S/C17H14ClNO2/c1-21-13-7-8-15-12(9-13)10-14(17(18)19-15)16(20)11-5-3-2-4-6-11/h2-10,16,20H,1H3. The van der Waals surface area contributed by atoms with Gasteiger partial charge in [-0.2, -0.15) is 0 Å². The van der Waals surface area contributed by atoms with Crippen molar-refractivity contribution in [2.24, 2.45) is 0 Å². The topological polar surface area (TPSA) is 42.4 Å². The first-order chi connectivity index (χ1) is 10.2. The first kappa shape index (κ1) is 13.9. The van der Waals surface area contributed by atoms with E-state index in [4.69, 9.17) is 16.3 Å². The molecule has 0 aliphatic carbocycles. The van der Waals surface area contributed by atoms with Gasteiger partial charge in [-0.1, -0.05) is 41.9 Å². The van der Waals surface area contributed by atoms with Crippen LogP contribution in [0.5, 0.6) is 5.75 Å². The zero-order chi connectivity index (χ0) is 14.8. The number of ether oxygens (including phenoxy) is 1. The molecule has 3 nitrogen and oxygen atoms in total. The van der Waals surface area contributed by atoms with Crippen molar-refractivity contribution in [3.63, 3.8) is 0 Å². The normalized spacial score (nSPS) is 12.3. The number of aliphatic hydroxyl groups is 1. The number of hydrogen-bond donors (Lipinski definition) is 1. The van der Waals surface area contributed by atoms with Crippen molar-refractivity contribution < 1.29 is 9.84 Å². The van der Waals surface area contributed by atoms with Crippen molar-refractivity contribution in [2.75, 3.05) is 7.11 Å². The predicted octanol–water partition coefficient (Wildman–Crippen LogP) is 3.98. The van der Waals surface area contributed by atoms with Crippen LogP contribution >= 0.6 is 11.6 Å². The molecular weight excluding hydrogens is 286 g/mol. The zero-order valence-electron chi connectivity index (χ0n) is 11.5. The molecule has 1 aromatic heterocycles. The molecule has 0 fully saturated rings. The Hall–Kier alpha value is -2.10. The molecular formula is C17H14ClNO2. The van der Waals surface area contributed by atoms with Crippen LogP contribution in [0.2, 0.25) is 5.15 Å². The third-order valence-electron chi connectivity index (χ3n) is 3.41. The lowest BCUT2D eigenvalue weighted by Crippen LogP contribution is -2.02. The monoisotopic (exact) mass is 299 g/mol. The summed E-state index contributed by atoms with van der Waals surface area (Å²) in [4.78, 5) is 4.35. The number of aliphatic hydroxyl groups excluding tert-OH is 1. The highest BCUT2D eigenvalue weighted by molar-refractivity contribution is 6.30. The maximum Gasteiger partial charge on any atom is 0.135 e. The van der Waals surface area contributed by atoms with Crippen LogP contribution in [0, 0.1) is 0 Å². The molecule has 3 aromatic rings. The smallest absolute Gasteiger partial charge is 0.135 e. The van der Waals surface area contributed by atoms with E-state index in [9.17, 15) is 5.11 Å². The first-order valence-corrected chi connectivity index (χ1v) is 6.94. The summed E-state index contributed by atoms with van der Waals surface area (Å²) in [5.74, 6) is 0.742. The van der Waals surface area contributed by atoms with Gasteiger partial charge in [0, 0.05) is 10.9 Å². The molecule has 1 N–H and O–H groups in total. The molecule has 0 amide bonds. The molecule has 1 atom stereocenters. The number of hydrogen-bond acceptors (Lipinski definition) is 3. The van der Waals surface area contributed by atoms with Gasteiger partial charge in [-0.25, -0.2) is 4.98 Å². The second kappa shape index (κ2) is 5.72.